The third-order valence-electron chi connectivity index (χ3n) is 2.74. The lowest BCUT2D eigenvalue weighted by Crippen LogP contribution is -2.44. The number of benzene rings is 1. The Hall–Kier alpha value is -1.60. The molecule has 1 unspecified atom stereocenters. The van der Waals surface area contributed by atoms with E-state index in [2.05, 4.69) is 21.2 Å². The number of carbonyl (C=O) groups excluding carboxylic acids is 1. The van der Waals surface area contributed by atoms with Gasteiger partial charge in [0.05, 0.1) is 5.60 Å². The summed E-state index contributed by atoms with van der Waals surface area (Å²) in [4.78, 5) is 23.0. The summed E-state index contributed by atoms with van der Waals surface area (Å²) in [5.41, 5.74) is -0.350. The number of nitrogens with one attached hydrogen (secondary N) is 1. The van der Waals surface area contributed by atoms with Crippen LogP contribution in [0.15, 0.2) is 28.7 Å². The fraction of sp³-hybridized carbons (Fsp3) is 0.500. The Morgan fingerprint density at radius 3 is 2.61 bits per heavy atom. The van der Waals surface area contributed by atoms with Crippen LogP contribution in [0.5, 0.6) is 5.75 Å². The van der Waals surface area contributed by atoms with Crippen molar-refractivity contribution in [3.8, 4) is 5.75 Å². The van der Waals surface area contributed by atoms with E-state index in [0.29, 0.717) is 5.75 Å². The highest BCUT2D eigenvalue weighted by atomic mass is 79.9. The van der Waals surface area contributed by atoms with Crippen molar-refractivity contribution in [1.29, 1.82) is 0 Å². The number of carbonyl (C=O) groups is 2. The summed E-state index contributed by atoms with van der Waals surface area (Å²) in [6, 6.07) is 6.04. The molecule has 1 aromatic rings. The summed E-state index contributed by atoms with van der Waals surface area (Å²) in [6.45, 7) is 5.64. The summed E-state index contributed by atoms with van der Waals surface area (Å²) in [5, 5.41) is 11.6. The van der Waals surface area contributed by atoms with E-state index in [4.69, 9.17) is 14.6 Å². The third-order valence-corrected chi connectivity index (χ3v) is 3.23. The van der Waals surface area contributed by atoms with Gasteiger partial charge in [-0.05, 0) is 39.0 Å². The van der Waals surface area contributed by atoms with E-state index < -0.39 is 17.9 Å². The van der Waals surface area contributed by atoms with Crippen molar-refractivity contribution in [2.75, 3.05) is 13.2 Å². The lowest BCUT2D eigenvalue weighted by molar-refractivity contribution is -0.143. The van der Waals surface area contributed by atoms with Crippen molar-refractivity contribution >= 4 is 27.8 Å². The highest BCUT2D eigenvalue weighted by Gasteiger charge is 2.21. The van der Waals surface area contributed by atoms with Crippen molar-refractivity contribution in [3.63, 3.8) is 0 Å². The molecule has 0 bridgehead atoms. The van der Waals surface area contributed by atoms with Gasteiger partial charge >= 0.3 is 5.97 Å². The second-order valence-electron chi connectivity index (χ2n) is 5.95. The van der Waals surface area contributed by atoms with Gasteiger partial charge in [-0.3, -0.25) is 4.79 Å². The topological polar surface area (TPSA) is 84.9 Å². The van der Waals surface area contributed by atoms with Crippen LogP contribution in [0.25, 0.3) is 0 Å². The lowest BCUT2D eigenvalue weighted by atomic mass is 10.2. The number of rotatable bonds is 8. The van der Waals surface area contributed by atoms with Crippen LogP contribution in [0.1, 0.15) is 27.2 Å². The Morgan fingerprint density at radius 1 is 1.35 bits per heavy atom. The van der Waals surface area contributed by atoms with E-state index in [-0.39, 0.29) is 25.2 Å². The molecule has 7 heteroatoms. The maximum atomic E-state index is 11.8. The minimum atomic E-state index is -1.10. The van der Waals surface area contributed by atoms with Crippen molar-refractivity contribution in [2.24, 2.45) is 0 Å². The molecule has 1 atom stereocenters. The zero-order valence-electron chi connectivity index (χ0n) is 13.5. The quantitative estimate of drug-likeness (QED) is 0.715. The Balaban J connectivity index is 2.43. The summed E-state index contributed by atoms with van der Waals surface area (Å²) in [6.07, 6.45) is 0.190. The molecule has 0 aliphatic heterocycles. The number of carboxylic acid groups (broad SMARTS) is 1. The molecule has 1 rings (SSSR count). The number of carboxylic acids is 1. The molecular formula is C16H22BrNO5. The van der Waals surface area contributed by atoms with Crippen molar-refractivity contribution in [3.05, 3.63) is 28.7 Å². The first-order valence-corrected chi connectivity index (χ1v) is 8.01. The maximum Gasteiger partial charge on any atom is 0.326 e. The first-order chi connectivity index (χ1) is 10.7. The standard InChI is InChI=1S/C16H22BrNO5/c1-16(2,3)23-8-7-13(15(20)21)18-14(19)10-22-12-6-4-5-11(17)9-12/h4-6,9,13H,7-8,10H2,1-3H3,(H,18,19)(H,20,21). The van der Waals surface area contributed by atoms with Gasteiger partial charge in [0.2, 0.25) is 0 Å². The third kappa shape index (κ3) is 8.56. The van der Waals surface area contributed by atoms with Gasteiger partial charge in [-0.2, -0.15) is 0 Å². The predicted molar refractivity (Wildman–Crippen MR) is 89.5 cm³/mol. The minimum Gasteiger partial charge on any atom is -0.484 e. The molecule has 1 amide bonds. The van der Waals surface area contributed by atoms with E-state index in [1.165, 1.54) is 0 Å². The second-order valence-corrected chi connectivity index (χ2v) is 6.87. The Kier molecular flexibility index (Phi) is 7.51. The van der Waals surface area contributed by atoms with Crippen LogP contribution >= 0.6 is 15.9 Å². The number of hydrogen-bond acceptors (Lipinski definition) is 4. The monoisotopic (exact) mass is 387 g/mol. The van der Waals surface area contributed by atoms with Crippen LogP contribution in [0, 0.1) is 0 Å². The molecule has 0 fully saturated rings. The van der Waals surface area contributed by atoms with Crippen LogP contribution < -0.4 is 10.1 Å². The zero-order valence-corrected chi connectivity index (χ0v) is 15.1. The molecular weight excluding hydrogens is 366 g/mol. The molecule has 0 aliphatic carbocycles. The fourth-order valence-electron chi connectivity index (χ4n) is 1.68. The average molecular weight is 388 g/mol. The van der Waals surface area contributed by atoms with Crippen LogP contribution in [0.4, 0.5) is 0 Å². The molecule has 128 valence electrons. The summed E-state index contributed by atoms with van der Waals surface area (Å²) in [5.74, 6) is -1.07. The highest BCUT2D eigenvalue weighted by Crippen LogP contribution is 2.17. The first kappa shape index (κ1) is 19.4. The highest BCUT2D eigenvalue weighted by molar-refractivity contribution is 9.10. The van der Waals surface area contributed by atoms with Crippen LogP contribution in [-0.2, 0) is 14.3 Å². The molecule has 0 heterocycles. The van der Waals surface area contributed by atoms with Gasteiger partial charge in [0.25, 0.3) is 5.91 Å². The minimum absolute atomic E-state index is 0.190. The Labute approximate surface area is 144 Å². The molecule has 0 saturated heterocycles. The maximum absolute atomic E-state index is 11.8. The van der Waals surface area contributed by atoms with E-state index in [1.807, 2.05) is 26.8 Å². The van der Waals surface area contributed by atoms with Crippen LogP contribution in [0.2, 0.25) is 0 Å². The fourth-order valence-corrected chi connectivity index (χ4v) is 2.06. The van der Waals surface area contributed by atoms with Crippen molar-refractivity contribution in [1.82, 2.24) is 5.32 Å². The van der Waals surface area contributed by atoms with Gasteiger partial charge in [-0.25, -0.2) is 4.79 Å². The molecule has 0 aliphatic rings. The second kappa shape index (κ2) is 8.88. The number of halogens is 1. The van der Waals surface area contributed by atoms with Crippen molar-refractivity contribution < 1.29 is 24.2 Å². The number of ether oxygens (including phenoxy) is 2. The SMILES string of the molecule is CC(C)(C)OCCC(NC(=O)COc1cccc(Br)c1)C(=O)O. The number of hydrogen-bond donors (Lipinski definition) is 2. The average Bonchev–Trinajstić information content (AvgIpc) is 2.42. The number of aliphatic carboxylic acids is 1. The van der Waals surface area contributed by atoms with Gasteiger partial charge in [-0.15, -0.1) is 0 Å². The first-order valence-electron chi connectivity index (χ1n) is 7.22. The van der Waals surface area contributed by atoms with E-state index >= 15 is 0 Å². The molecule has 0 spiro atoms. The molecule has 0 aromatic heterocycles. The molecule has 0 radical (unpaired) electrons. The normalized spacial score (nSPS) is 12.5. The molecule has 23 heavy (non-hydrogen) atoms. The summed E-state index contributed by atoms with van der Waals surface area (Å²) in [7, 11) is 0. The van der Waals surface area contributed by atoms with Crippen LogP contribution in [-0.4, -0.2) is 41.8 Å². The van der Waals surface area contributed by atoms with Gasteiger partial charge in [0.15, 0.2) is 6.61 Å². The largest absolute Gasteiger partial charge is 0.484 e. The van der Waals surface area contributed by atoms with E-state index in [9.17, 15) is 9.59 Å². The number of amides is 1. The molecule has 2 N–H and O–H groups in total. The summed E-state index contributed by atoms with van der Waals surface area (Å²) >= 11 is 3.30. The van der Waals surface area contributed by atoms with E-state index in [1.54, 1.807) is 18.2 Å². The van der Waals surface area contributed by atoms with Crippen molar-refractivity contribution in [2.45, 2.75) is 38.8 Å². The molecule has 6 nitrogen and oxygen atoms in total. The van der Waals surface area contributed by atoms with Gasteiger partial charge in [0, 0.05) is 17.5 Å². The lowest BCUT2D eigenvalue weighted by Gasteiger charge is -2.21. The van der Waals surface area contributed by atoms with E-state index in [0.717, 1.165) is 4.47 Å². The van der Waals surface area contributed by atoms with Gasteiger partial charge in [0.1, 0.15) is 11.8 Å². The summed E-state index contributed by atoms with van der Waals surface area (Å²) < 4.78 is 11.6. The smallest absolute Gasteiger partial charge is 0.326 e. The molecule has 1 aromatic carbocycles. The van der Waals surface area contributed by atoms with Crippen LogP contribution in [0.3, 0.4) is 0 Å². The molecule has 0 saturated carbocycles. The predicted octanol–water partition coefficient (Wildman–Crippen LogP) is 2.60. The Morgan fingerprint density at radius 2 is 2.04 bits per heavy atom. The Bertz CT molecular complexity index is 542. The van der Waals surface area contributed by atoms with Gasteiger partial charge < -0.3 is 19.9 Å². The zero-order chi connectivity index (χ0) is 17.5. The van der Waals surface area contributed by atoms with Gasteiger partial charge in [-0.1, -0.05) is 22.0 Å².